The number of carbonyl (C=O) groups excluding carboxylic acids is 1. The van der Waals surface area contributed by atoms with Crippen LogP contribution in [-0.2, 0) is 19.3 Å². The van der Waals surface area contributed by atoms with Crippen LogP contribution in [0.5, 0.6) is 0 Å². The van der Waals surface area contributed by atoms with Crippen molar-refractivity contribution in [1.29, 1.82) is 0 Å². The number of thiophene rings is 1. The van der Waals surface area contributed by atoms with Crippen LogP contribution in [0.25, 0.3) is 10.6 Å². The molecule has 1 amide bonds. The summed E-state index contributed by atoms with van der Waals surface area (Å²) in [5.74, 6) is 0.956. The summed E-state index contributed by atoms with van der Waals surface area (Å²) in [4.78, 5) is 14.2. The van der Waals surface area contributed by atoms with Gasteiger partial charge in [-0.05, 0) is 60.2 Å². The van der Waals surface area contributed by atoms with Crippen LogP contribution in [0.15, 0.2) is 30.7 Å². The third kappa shape index (κ3) is 3.58. The van der Waals surface area contributed by atoms with E-state index >= 15 is 0 Å². The smallest absolute Gasteiger partial charge is 0.254 e. The van der Waals surface area contributed by atoms with Crippen molar-refractivity contribution in [1.82, 2.24) is 40.1 Å². The van der Waals surface area contributed by atoms with Gasteiger partial charge in [0, 0.05) is 24.0 Å². The molecule has 1 N–H and O–H groups in total. The van der Waals surface area contributed by atoms with Crippen molar-refractivity contribution >= 4 is 22.9 Å². The third-order valence-electron chi connectivity index (χ3n) is 5.43. The number of rotatable bonds is 8. The number of carbonyl (C=O) groups is 1. The zero-order chi connectivity index (χ0) is 20.3. The molecule has 0 aliphatic heterocycles. The number of nitrogens with one attached hydrogen (secondary N) is 1. The maximum Gasteiger partial charge on any atom is 0.254 e. The number of fused-ring (bicyclic) bond motifs is 2. The van der Waals surface area contributed by atoms with Crippen LogP contribution in [0.3, 0.4) is 0 Å². The number of hydrogen-bond donors (Lipinski definition) is 1. The Hall–Kier alpha value is -3.14. The highest BCUT2D eigenvalue weighted by molar-refractivity contribution is 7.15. The Morgan fingerprint density at radius 3 is 3.03 bits per heavy atom. The van der Waals surface area contributed by atoms with Crippen LogP contribution in [-0.4, -0.2) is 47.3 Å². The Morgan fingerprint density at radius 2 is 2.13 bits per heavy atom. The molecule has 1 aliphatic rings. The quantitative estimate of drug-likeness (QED) is 0.438. The predicted molar refractivity (Wildman–Crippen MR) is 112 cm³/mol. The zero-order valence-corrected chi connectivity index (χ0v) is 17.3. The van der Waals surface area contributed by atoms with Crippen LogP contribution >= 0.6 is 11.3 Å². The van der Waals surface area contributed by atoms with E-state index < -0.39 is 0 Å². The van der Waals surface area contributed by atoms with Gasteiger partial charge in [-0.15, -0.1) is 26.6 Å². The number of aryl methyl sites for hydroxylation is 2. The van der Waals surface area contributed by atoms with Crippen LogP contribution in [0, 0.1) is 0 Å². The fraction of sp³-hybridized carbons (Fsp3) is 0.400. The van der Waals surface area contributed by atoms with Crippen molar-refractivity contribution in [2.75, 3.05) is 6.54 Å². The average Bonchev–Trinajstić information content (AvgIpc) is 3.54. The Labute approximate surface area is 177 Å². The van der Waals surface area contributed by atoms with Crippen molar-refractivity contribution in [2.45, 2.75) is 44.9 Å². The summed E-state index contributed by atoms with van der Waals surface area (Å²) < 4.78 is 3.63. The number of nitrogens with zero attached hydrogens (tertiary/aromatic N) is 7. The van der Waals surface area contributed by atoms with E-state index in [9.17, 15) is 4.79 Å². The first-order chi connectivity index (χ1) is 14.8. The van der Waals surface area contributed by atoms with Crippen LogP contribution in [0.2, 0.25) is 0 Å². The highest BCUT2D eigenvalue weighted by atomic mass is 32.1. The Balaban J connectivity index is 1.15. The Kier molecular flexibility index (Phi) is 5.22. The summed E-state index contributed by atoms with van der Waals surface area (Å²) in [5.41, 5.74) is 2.79. The molecule has 0 radical (unpaired) electrons. The van der Waals surface area contributed by atoms with Crippen LogP contribution in [0.1, 0.15) is 52.3 Å². The molecule has 1 aliphatic carbocycles. The van der Waals surface area contributed by atoms with Gasteiger partial charge in [0.05, 0.1) is 5.56 Å². The maximum absolute atomic E-state index is 12.9. The number of amides is 1. The topological polar surface area (TPSA) is 103 Å². The van der Waals surface area contributed by atoms with Crippen LogP contribution < -0.4 is 5.32 Å². The molecule has 0 saturated carbocycles. The molecule has 9 nitrogen and oxygen atoms in total. The minimum Gasteiger partial charge on any atom is -0.352 e. The second-order valence-electron chi connectivity index (χ2n) is 7.40. The molecule has 30 heavy (non-hydrogen) atoms. The Morgan fingerprint density at radius 1 is 1.17 bits per heavy atom. The van der Waals surface area contributed by atoms with Crippen LogP contribution in [0.4, 0.5) is 0 Å². The van der Waals surface area contributed by atoms with Gasteiger partial charge in [0.2, 0.25) is 0 Å². The third-order valence-corrected chi connectivity index (χ3v) is 6.72. The number of pyridine rings is 1. The molecular formula is C20H22N8OS. The number of tetrazole rings is 1. The summed E-state index contributed by atoms with van der Waals surface area (Å²) in [5, 5.41) is 23.8. The first-order valence-electron chi connectivity index (χ1n) is 10.3. The summed E-state index contributed by atoms with van der Waals surface area (Å²) in [6.45, 7) is 0.652. The molecule has 0 bridgehead atoms. The number of unbranched alkanes of at least 4 members (excludes halogenated alkanes) is 2. The van der Waals surface area contributed by atoms with E-state index in [4.69, 9.17) is 0 Å². The minimum absolute atomic E-state index is 0.0247. The van der Waals surface area contributed by atoms with Gasteiger partial charge < -0.3 is 5.32 Å². The maximum atomic E-state index is 12.9. The van der Waals surface area contributed by atoms with Gasteiger partial charge in [0.15, 0.2) is 5.65 Å². The molecule has 0 fully saturated rings. The highest BCUT2D eigenvalue weighted by Gasteiger charge is 2.27. The van der Waals surface area contributed by atoms with Gasteiger partial charge in [0.25, 0.3) is 5.91 Å². The summed E-state index contributed by atoms with van der Waals surface area (Å²) in [6.07, 6.45) is 10.4. The van der Waals surface area contributed by atoms with E-state index in [2.05, 4.69) is 31.0 Å². The lowest BCUT2D eigenvalue weighted by atomic mass is 10.1. The van der Waals surface area contributed by atoms with E-state index in [0.29, 0.717) is 6.54 Å². The van der Waals surface area contributed by atoms with Gasteiger partial charge in [-0.1, -0.05) is 12.5 Å². The van der Waals surface area contributed by atoms with E-state index in [0.717, 1.165) is 67.0 Å². The lowest BCUT2D eigenvalue weighted by Crippen LogP contribution is -2.26. The van der Waals surface area contributed by atoms with E-state index in [1.165, 1.54) is 10.4 Å². The van der Waals surface area contributed by atoms with Gasteiger partial charge in [-0.3, -0.25) is 9.20 Å². The first kappa shape index (κ1) is 18.9. The van der Waals surface area contributed by atoms with Crippen molar-refractivity contribution in [3.05, 3.63) is 52.6 Å². The standard InChI is InChI=1S/C20H22N8OS/c29-19(18-14-7-6-8-15(14)30-20(18)28-13-22-25-26-28)21-11-4-1-2-9-16-23-24-17-10-3-5-12-27(16)17/h3,5,10,12-13H,1-2,4,6-9,11H2,(H,21,29). The van der Waals surface area contributed by atoms with E-state index in [-0.39, 0.29) is 5.91 Å². The molecule has 0 atom stereocenters. The molecule has 0 saturated heterocycles. The highest BCUT2D eigenvalue weighted by Crippen LogP contribution is 2.37. The van der Waals surface area contributed by atoms with Gasteiger partial charge >= 0.3 is 0 Å². The second-order valence-corrected chi connectivity index (χ2v) is 8.49. The number of hydrogen-bond acceptors (Lipinski definition) is 7. The van der Waals surface area contributed by atoms with Gasteiger partial charge in [-0.2, -0.15) is 4.68 Å². The SMILES string of the molecule is O=C(NCCCCCc1nnc2ccccn12)c1c(-n2cnnn2)sc2c1CCC2. The minimum atomic E-state index is -0.0247. The van der Waals surface area contributed by atoms with Gasteiger partial charge in [0.1, 0.15) is 17.2 Å². The second kappa shape index (κ2) is 8.31. The monoisotopic (exact) mass is 422 g/mol. The van der Waals surface area contributed by atoms with Crippen molar-refractivity contribution in [2.24, 2.45) is 0 Å². The average molecular weight is 423 g/mol. The lowest BCUT2D eigenvalue weighted by Gasteiger charge is -2.08. The molecule has 10 heteroatoms. The molecule has 0 aromatic carbocycles. The molecule has 5 rings (SSSR count). The fourth-order valence-electron chi connectivity index (χ4n) is 3.98. The molecule has 0 spiro atoms. The Bertz CT molecular complexity index is 1160. The van der Waals surface area contributed by atoms with E-state index in [1.807, 2.05) is 28.8 Å². The van der Waals surface area contributed by atoms with Crippen molar-refractivity contribution < 1.29 is 4.79 Å². The lowest BCUT2D eigenvalue weighted by molar-refractivity contribution is 0.0952. The largest absolute Gasteiger partial charge is 0.352 e. The summed E-state index contributed by atoms with van der Waals surface area (Å²) in [7, 11) is 0. The predicted octanol–water partition coefficient (Wildman–Crippen LogP) is 2.40. The summed E-state index contributed by atoms with van der Waals surface area (Å²) >= 11 is 1.63. The fourth-order valence-corrected chi connectivity index (χ4v) is 5.28. The summed E-state index contributed by atoms with van der Waals surface area (Å²) in [6, 6.07) is 5.90. The molecule has 4 heterocycles. The normalized spacial score (nSPS) is 13.1. The van der Waals surface area contributed by atoms with Crippen molar-refractivity contribution in [3.8, 4) is 5.00 Å². The first-order valence-corrected chi connectivity index (χ1v) is 11.1. The zero-order valence-electron chi connectivity index (χ0n) is 16.5. The molecule has 4 aromatic rings. The van der Waals surface area contributed by atoms with Crippen molar-refractivity contribution in [3.63, 3.8) is 0 Å². The molecule has 0 unspecified atom stereocenters. The molecular weight excluding hydrogens is 400 g/mol. The molecule has 4 aromatic heterocycles. The molecule has 154 valence electrons. The number of aromatic nitrogens is 7. The van der Waals surface area contributed by atoms with Gasteiger partial charge in [-0.25, -0.2) is 0 Å². The van der Waals surface area contributed by atoms with E-state index in [1.54, 1.807) is 22.3 Å².